The van der Waals surface area contributed by atoms with Gasteiger partial charge in [-0.25, -0.2) is 4.98 Å². The maximum Gasteiger partial charge on any atom is 0.132 e. The Morgan fingerprint density at radius 3 is 2.29 bits per heavy atom. The van der Waals surface area contributed by atoms with E-state index >= 15 is 0 Å². The highest BCUT2D eigenvalue weighted by Gasteiger charge is 2.20. The van der Waals surface area contributed by atoms with Crippen LogP contribution in [0.25, 0.3) is 11.3 Å². The minimum atomic E-state index is 0.326. The molecule has 3 nitrogen and oxygen atoms in total. The number of aryl methyl sites for hydroxylation is 3. The molecular weight excluding hydrogens is 258 g/mol. The smallest absolute Gasteiger partial charge is 0.132 e. The van der Waals surface area contributed by atoms with Crippen LogP contribution in [0.1, 0.15) is 42.3 Å². The van der Waals surface area contributed by atoms with Gasteiger partial charge in [0.1, 0.15) is 17.3 Å². The number of hydrogen-bond acceptors (Lipinski definition) is 2. The van der Waals surface area contributed by atoms with E-state index in [1.807, 2.05) is 6.08 Å². The summed E-state index contributed by atoms with van der Waals surface area (Å²) in [6.45, 7) is 15.1. The maximum absolute atomic E-state index is 6.39. The molecule has 0 atom stereocenters. The van der Waals surface area contributed by atoms with Crippen molar-refractivity contribution in [3.05, 3.63) is 47.3 Å². The molecule has 2 aromatic rings. The first-order valence-corrected chi connectivity index (χ1v) is 7.41. The number of nitrogen functional groups attached to an aromatic ring is 1. The second kappa shape index (κ2) is 5.76. The molecule has 21 heavy (non-hydrogen) atoms. The van der Waals surface area contributed by atoms with Crippen LogP contribution in [-0.2, 0) is 6.54 Å². The van der Waals surface area contributed by atoms with E-state index < -0.39 is 0 Å². The third-order valence-electron chi connectivity index (χ3n) is 3.78. The van der Waals surface area contributed by atoms with Gasteiger partial charge in [-0.15, -0.1) is 6.58 Å². The average Bonchev–Trinajstić information content (AvgIpc) is 2.68. The van der Waals surface area contributed by atoms with Gasteiger partial charge in [-0.05, 0) is 31.9 Å². The van der Waals surface area contributed by atoms with Gasteiger partial charge in [-0.1, -0.05) is 37.6 Å². The molecule has 1 aromatic heterocycles. The third kappa shape index (κ3) is 2.73. The summed E-state index contributed by atoms with van der Waals surface area (Å²) in [4.78, 5) is 4.84. The number of rotatable bonds is 4. The van der Waals surface area contributed by atoms with Gasteiger partial charge in [0, 0.05) is 18.0 Å². The molecule has 0 saturated heterocycles. The molecule has 2 rings (SSSR count). The Morgan fingerprint density at radius 1 is 1.24 bits per heavy atom. The first-order chi connectivity index (χ1) is 9.86. The first-order valence-electron chi connectivity index (χ1n) is 7.41. The van der Waals surface area contributed by atoms with Gasteiger partial charge in [0.2, 0.25) is 0 Å². The zero-order valence-corrected chi connectivity index (χ0v) is 13.7. The van der Waals surface area contributed by atoms with Crippen LogP contribution in [0.15, 0.2) is 24.8 Å². The van der Waals surface area contributed by atoms with Gasteiger partial charge in [0.25, 0.3) is 0 Å². The van der Waals surface area contributed by atoms with Crippen LogP contribution in [0.2, 0.25) is 0 Å². The number of allylic oxidation sites excluding steroid dienone is 1. The Labute approximate surface area is 127 Å². The number of nitrogens with zero attached hydrogens (tertiary/aromatic N) is 2. The van der Waals surface area contributed by atoms with E-state index in [4.69, 9.17) is 10.7 Å². The number of imidazole rings is 1. The topological polar surface area (TPSA) is 43.8 Å². The van der Waals surface area contributed by atoms with E-state index in [-0.39, 0.29) is 0 Å². The molecule has 0 aliphatic heterocycles. The quantitative estimate of drug-likeness (QED) is 0.847. The van der Waals surface area contributed by atoms with Crippen LogP contribution in [0.5, 0.6) is 0 Å². The second-order valence-electron chi connectivity index (χ2n) is 6.03. The average molecular weight is 283 g/mol. The number of nitrogens with two attached hydrogens (primary N) is 1. The number of anilines is 1. The van der Waals surface area contributed by atoms with Gasteiger partial charge in [0.15, 0.2) is 0 Å². The van der Waals surface area contributed by atoms with E-state index in [1.54, 1.807) is 0 Å². The van der Waals surface area contributed by atoms with E-state index in [9.17, 15) is 0 Å². The predicted molar refractivity (Wildman–Crippen MR) is 90.6 cm³/mol. The molecule has 2 N–H and O–H groups in total. The fraction of sp³-hybridized carbons (Fsp3) is 0.389. The summed E-state index contributed by atoms with van der Waals surface area (Å²) in [5.74, 6) is 2.07. The molecule has 0 aliphatic rings. The number of aromatic nitrogens is 2. The van der Waals surface area contributed by atoms with Crippen LogP contribution in [0.4, 0.5) is 5.82 Å². The molecule has 0 amide bonds. The monoisotopic (exact) mass is 283 g/mol. The summed E-state index contributed by atoms with van der Waals surface area (Å²) >= 11 is 0. The third-order valence-corrected chi connectivity index (χ3v) is 3.78. The highest BCUT2D eigenvalue weighted by molar-refractivity contribution is 5.77. The summed E-state index contributed by atoms with van der Waals surface area (Å²) in [5, 5.41) is 0. The largest absolute Gasteiger partial charge is 0.383 e. The Balaban J connectivity index is 2.71. The van der Waals surface area contributed by atoms with Crippen LogP contribution < -0.4 is 5.73 Å². The lowest BCUT2D eigenvalue weighted by atomic mass is 9.97. The van der Waals surface area contributed by atoms with Gasteiger partial charge < -0.3 is 10.3 Å². The summed E-state index contributed by atoms with van der Waals surface area (Å²) in [7, 11) is 0. The molecule has 112 valence electrons. The zero-order valence-electron chi connectivity index (χ0n) is 13.7. The van der Waals surface area contributed by atoms with Crippen LogP contribution in [-0.4, -0.2) is 9.55 Å². The fourth-order valence-electron chi connectivity index (χ4n) is 2.98. The summed E-state index contributed by atoms with van der Waals surface area (Å²) in [6.07, 6.45) is 1.86. The lowest BCUT2D eigenvalue weighted by molar-refractivity contribution is 0.684. The molecule has 0 bridgehead atoms. The molecule has 0 fully saturated rings. The van der Waals surface area contributed by atoms with Crippen molar-refractivity contribution in [3.8, 4) is 11.3 Å². The lowest BCUT2D eigenvalue weighted by Gasteiger charge is -2.11. The fourth-order valence-corrected chi connectivity index (χ4v) is 2.98. The molecular formula is C18H25N3. The van der Waals surface area contributed by atoms with Gasteiger partial charge in [0.05, 0.1) is 0 Å². The van der Waals surface area contributed by atoms with E-state index in [2.05, 4.69) is 57.9 Å². The molecule has 3 heteroatoms. The normalized spacial score (nSPS) is 11.1. The highest BCUT2D eigenvalue weighted by atomic mass is 15.1. The van der Waals surface area contributed by atoms with Crippen molar-refractivity contribution >= 4 is 5.82 Å². The van der Waals surface area contributed by atoms with Crippen molar-refractivity contribution in [1.29, 1.82) is 0 Å². The first kappa shape index (κ1) is 15.4. The van der Waals surface area contributed by atoms with Gasteiger partial charge in [-0.3, -0.25) is 0 Å². The summed E-state index contributed by atoms with van der Waals surface area (Å²) in [6, 6.07) is 4.37. The van der Waals surface area contributed by atoms with Gasteiger partial charge in [-0.2, -0.15) is 0 Å². The standard InChI is InChI=1S/C18H25N3/c1-7-8-21-17(19)16(20-18(21)11(2)3)15-13(5)9-12(4)10-14(15)6/h7,9-11H,1,8,19H2,2-6H3. The molecule has 0 spiro atoms. The lowest BCUT2D eigenvalue weighted by Crippen LogP contribution is -2.07. The van der Waals surface area contributed by atoms with Crippen molar-refractivity contribution in [2.75, 3.05) is 5.73 Å². The molecule has 1 heterocycles. The van der Waals surface area contributed by atoms with Crippen molar-refractivity contribution in [2.24, 2.45) is 0 Å². The molecule has 0 aliphatic carbocycles. The van der Waals surface area contributed by atoms with E-state index in [1.165, 1.54) is 16.7 Å². The molecule has 1 aromatic carbocycles. The van der Waals surface area contributed by atoms with E-state index in [0.29, 0.717) is 12.5 Å². The van der Waals surface area contributed by atoms with Crippen LogP contribution >= 0.6 is 0 Å². The van der Waals surface area contributed by atoms with Crippen molar-refractivity contribution in [2.45, 2.75) is 47.1 Å². The number of benzene rings is 1. The Hall–Kier alpha value is -2.03. The maximum atomic E-state index is 6.39. The Kier molecular flexibility index (Phi) is 4.21. The molecule has 0 unspecified atom stereocenters. The summed E-state index contributed by atoms with van der Waals surface area (Å²) < 4.78 is 2.06. The van der Waals surface area contributed by atoms with Crippen molar-refractivity contribution < 1.29 is 0 Å². The SMILES string of the molecule is C=CCn1c(C(C)C)nc(-c2c(C)cc(C)cc2C)c1N. The highest BCUT2D eigenvalue weighted by Crippen LogP contribution is 2.34. The predicted octanol–water partition coefficient (Wildman–Crippen LogP) is 4.37. The molecule has 0 saturated carbocycles. The summed E-state index contributed by atoms with van der Waals surface area (Å²) in [5.41, 5.74) is 12.1. The zero-order chi connectivity index (χ0) is 15.7. The molecule has 0 radical (unpaired) electrons. The van der Waals surface area contributed by atoms with Crippen molar-refractivity contribution in [3.63, 3.8) is 0 Å². The Morgan fingerprint density at radius 2 is 1.81 bits per heavy atom. The van der Waals surface area contributed by atoms with Crippen LogP contribution in [0, 0.1) is 20.8 Å². The minimum Gasteiger partial charge on any atom is -0.383 e. The van der Waals surface area contributed by atoms with E-state index in [0.717, 1.165) is 22.9 Å². The van der Waals surface area contributed by atoms with Crippen molar-refractivity contribution in [1.82, 2.24) is 9.55 Å². The Bertz CT molecular complexity index is 655. The van der Waals surface area contributed by atoms with Crippen LogP contribution in [0.3, 0.4) is 0 Å². The minimum absolute atomic E-state index is 0.326. The second-order valence-corrected chi connectivity index (χ2v) is 6.03. The number of hydrogen-bond donors (Lipinski definition) is 1. The van der Waals surface area contributed by atoms with Gasteiger partial charge >= 0.3 is 0 Å².